The molecule has 0 spiro atoms. The van der Waals surface area contributed by atoms with Crippen LogP contribution >= 0.6 is 0 Å². The normalized spacial score (nSPS) is 9.60. The van der Waals surface area contributed by atoms with E-state index in [9.17, 15) is 0 Å². The van der Waals surface area contributed by atoms with Crippen LogP contribution in [0.2, 0.25) is 0 Å². The van der Waals surface area contributed by atoms with Crippen molar-refractivity contribution in [2.24, 2.45) is 0 Å². The molecular weight excluding hydrogens is 357 g/mol. The largest absolute Gasteiger partial charge is 0.649 e. The van der Waals surface area contributed by atoms with Gasteiger partial charge in [0.2, 0.25) is 0 Å². The summed E-state index contributed by atoms with van der Waals surface area (Å²) in [6, 6.07) is 0. The van der Waals surface area contributed by atoms with Crippen molar-refractivity contribution in [1.82, 2.24) is 0 Å². The van der Waals surface area contributed by atoms with Gasteiger partial charge in [0.05, 0.1) is 0 Å². The molecule has 0 aromatic rings. The van der Waals surface area contributed by atoms with E-state index in [1.165, 1.54) is 0 Å². The predicted molar refractivity (Wildman–Crippen MR) is 41.1 cm³/mol. The van der Waals surface area contributed by atoms with Crippen LogP contribution in [0.5, 0.6) is 0 Å². The van der Waals surface area contributed by atoms with E-state index in [-0.39, 0.29) is 21.7 Å². The quantitative estimate of drug-likeness (QED) is 0.700. The molecule has 0 saturated heterocycles. The topological polar surface area (TPSA) is 33.0 Å². The van der Waals surface area contributed by atoms with Gasteiger partial charge in [-0.15, -0.1) is 0 Å². The summed E-state index contributed by atoms with van der Waals surface area (Å²) in [6.07, 6.45) is 1.53. The molecule has 0 aliphatic carbocycles. The van der Waals surface area contributed by atoms with E-state index in [1.54, 1.807) is 7.11 Å². The summed E-state index contributed by atoms with van der Waals surface area (Å²) in [7, 11) is 1.58. The van der Waals surface area contributed by atoms with Gasteiger partial charge in [-0.25, -0.2) is 0 Å². The summed E-state index contributed by atoms with van der Waals surface area (Å²) >= 11 is 0. The van der Waals surface area contributed by atoms with E-state index >= 15 is 0 Å². The van der Waals surface area contributed by atoms with Crippen molar-refractivity contribution in [2.45, 2.75) is 32.4 Å². The zero-order valence-electron chi connectivity index (χ0n) is 7.20. The third-order valence-corrected chi connectivity index (χ3v) is 1.53. The van der Waals surface area contributed by atoms with E-state index in [0.29, 0.717) is 0 Å². The van der Waals surface area contributed by atoms with Gasteiger partial charge in [-0.2, -0.15) is 0 Å². The smallest absolute Gasteiger partial charge is 0.0338 e. The molecule has 65 valence electrons. The Bertz CT molecular complexity index is 56.4. The van der Waals surface area contributed by atoms with Gasteiger partial charge in [0, 0.05) is 21.4 Å². The van der Waals surface area contributed by atoms with E-state index in [1.807, 2.05) is 13.8 Å². The van der Waals surface area contributed by atoms with Gasteiger partial charge in [0.15, 0.2) is 0 Å². The Labute approximate surface area is 72.3 Å². The Balaban J connectivity index is -0.000000245. The van der Waals surface area contributed by atoms with Crippen LogP contribution in [0.1, 0.15) is 26.7 Å². The third kappa shape index (κ3) is 5.12. The molecule has 0 bridgehead atoms. The van der Waals surface area contributed by atoms with Gasteiger partial charge < -0.3 is 17.9 Å². The summed E-state index contributed by atoms with van der Waals surface area (Å²) in [4.78, 5) is 0. The molecular formula is C7H17AmNO-2. The van der Waals surface area contributed by atoms with Gasteiger partial charge in [-0.3, -0.25) is 0 Å². The zero-order chi connectivity index (χ0) is 6.62. The van der Waals surface area contributed by atoms with Crippen LogP contribution in [-0.2, 0) is 4.74 Å². The fourth-order valence-corrected chi connectivity index (χ4v) is 0.539. The van der Waals surface area contributed by atoms with Crippen molar-refractivity contribution in [3.05, 3.63) is 13.2 Å². The number of hydrogen-bond donors (Lipinski definition) is 0. The van der Waals surface area contributed by atoms with E-state index in [2.05, 4.69) is 0 Å². The van der Waals surface area contributed by atoms with Gasteiger partial charge in [-0.1, -0.05) is 13.8 Å². The average Bonchev–Trinajstić information content (AvgIpc) is 1.87. The zero-order valence-corrected chi connectivity index (χ0v) is 10.3. The Kier molecular flexibility index (Phi) is 12.4. The second-order valence-corrected chi connectivity index (χ2v) is 1.91. The van der Waals surface area contributed by atoms with Crippen LogP contribution in [0.3, 0.4) is 0 Å². The first kappa shape index (κ1) is 16.7. The number of hydrogen-bond acceptors (Lipinski definition) is 1. The second-order valence-electron chi connectivity index (χ2n) is 1.91. The summed E-state index contributed by atoms with van der Waals surface area (Å²) in [5.74, 6) is 0. The monoisotopic (exact) mass is 372 g/mol. The fraction of sp³-hybridized carbons (Fsp3) is 0.857. The average molecular weight is 374 g/mol. The summed E-state index contributed by atoms with van der Waals surface area (Å²) in [5, 5.41) is 0. The Hall–Kier alpha value is 0.310. The maximum absolute atomic E-state index is 7.44. The van der Waals surface area contributed by atoms with E-state index in [0.717, 1.165) is 12.8 Å². The van der Waals surface area contributed by atoms with Crippen LogP contribution in [0.15, 0.2) is 0 Å². The van der Waals surface area contributed by atoms with Crippen molar-refractivity contribution < 1.29 is 19.0 Å². The molecule has 0 unspecified atom stereocenters. The third-order valence-electron chi connectivity index (χ3n) is 1.53. The molecule has 3 heteroatoms. The number of rotatable bonds is 3. The molecule has 0 saturated carbocycles. The molecule has 1 radical (unpaired) electrons. The molecule has 0 rings (SSSR count). The molecule has 0 aromatic heterocycles. The first-order valence-corrected chi connectivity index (χ1v) is 2.98. The molecule has 0 aliphatic rings. The minimum absolute atomic E-state index is 0. The fourth-order valence-electron chi connectivity index (χ4n) is 0.539. The number of nitrogens with one attached hydrogen (secondary N) is 1. The Morgan fingerprint density at radius 1 is 1.30 bits per heavy atom. The molecule has 0 aromatic carbocycles. The number of ether oxygens (including phenoxy) is 1. The minimum atomic E-state index is -0.625. The van der Waals surface area contributed by atoms with Crippen LogP contribution < -0.4 is 0 Å². The van der Waals surface area contributed by atoms with Crippen LogP contribution in [-0.4, -0.2) is 12.8 Å². The van der Waals surface area contributed by atoms with Crippen LogP contribution in [0.4, 0.5) is 0 Å². The standard InChI is InChI=1S/C6H14NO.CH3.Am/c1-4-6(7,5-2)8-3;;/h7H,4-5H2,1-3H3;1H3;/q2*-1;. The SMILES string of the molecule is CCC([NH-])(CC)OC.[Am].[CH3-]. The van der Waals surface area contributed by atoms with Crippen LogP contribution in [0, 0.1) is 21.7 Å². The van der Waals surface area contributed by atoms with Gasteiger partial charge in [0.1, 0.15) is 0 Å². The molecule has 1 N–H and O–H groups in total. The predicted octanol–water partition coefficient (Wildman–Crippen LogP) is 2.65. The maximum Gasteiger partial charge on any atom is 0.0338 e. The molecule has 2 nitrogen and oxygen atoms in total. The molecule has 10 heavy (non-hydrogen) atoms. The second kappa shape index (κ2) is 7.42. The van der Waals surface area contributed by atoms with E-state index in [4.69, 9.17) is 10.5 Å². The minimum Gasteiger partial charge on any atom is -0.649 e. The van der Waals surface area contributed by atoms with Crippen molar-refractivity contribution >= 4 is 0 Å². The summed E-state index contributed by atoms with van der Waals surface area (Å²) in [6.45, 7) is 3.92. The van der Waals surface area contributed by atoms with Gasteiger partial charge in [0.25, 0.3) is 0 Å². The molecule has 0 amide bonds. The maximum atomic E-state index is 7.44. The van der Waals surface area contributed by atoms with E-state index < -0.39 is 5.72 Å². The Morgan fingerprint density at radius 3 is 1.60 bits per heavy atom. The Morgan fingerprint density at radius 2 is 1.60 bits per heavy atom. The molecule has 0 heterocycles. The molecule has 0 fully saturated rings. The van der Waals surface area contributed by atoms with Gasteiger partial charge >= 0.3 is 0 Å². The van der Waals surface area contributed by atoms with Crippen molar-refractivity contribution in [2.75, 3.05) is 7.11 Å². The first-order chi connectivity index (χ1) is 3.68. The first-order valence-electron chi connectivity index (χ1n) is 2.98. The van der Waals surface area contributed by atoms with Crippen LogP contribution in [0.25, 0.3) is 5.73 Å². The van der Waals surface area contributed by atoms with Crippen molar-refractivity contribution in [3.63, 3.8) is 0 Å². The number of methoxy groups -OCH3 is 1. The summed E-state index contributed by atoms with van der Waals surface area (Å²) < 4.78 is 4.90. The molecule has 0 atom stereocenters. The van der Waals surface area contributed by atoms with Crippen molar-refractivity contribution in [3.8, 4) is 0 Å². The molecule has 0 aliphatic heterocycles. The van der Waals surface area contributed by atoms with Crippen molar-refractivity contribution in [1.29, 1.82) is 0 Å². The summed E-state index contributed by atoms with van der Waals surface area (Å²) in [5.41, 5.74) is 6.82. The van der Waals surface area contributed by atoms with Gasteiger partial charge in [-0.05, 0) is 18.6 Å².